The van der Waals surface area contributed by atoms with Gasteiger partial charge in [-0.25, -0.2) is 4.79 Å². The summed E-state index contributed by atoms with van der Waals surface area (Å²) < 4.78 is 0. The molecule has 0 fully saturated rings. The van der Waals surface area contributed by atoms with Gasteiger partial charge in [0.15, 0.2) is 5.78 Å². The van der Waals surface area contributed by atoms with Gasteiger partial charge in [0.2, 0.25) is 5.78 Å². The molecule has 3 rings (SSSR count). The molecule has 0 radical (unpaired) electrons. The maximum Gasteiger partial charge on any atom is 0.331 e. The van der Waals surface area contributed by atoms with E-state index < -0.39 is 5.97 Å². The topological polar surface area (TPSA) is 72.8 Å². The lowest BCUT2D eigenvalue weighted by molar-refractivity contribution is -0.140. The van der Waals surface area contributed by atoms with Crippen molar-refractivity contribution in [2.45, 2.75) is 42.9 Å². The second-order valence-corrected chi connectivity index (χ2v) is 8.96. The van der Waals surface area contributed by atoms with Crippen LogP contribution in [0.25, 0.3) is 6.08 Å². The highest BCUT2D eigenvalue weighted by Gasteiger charge is 2.15. The van der Waals surface area contributed by atoms with Crippen molar-refractivity contribution in [2.75, 3.05) is 0 Å². The number of unbranched alkanes of at least 4 members (excludes halogenated alkanes) is 1. The summed E-state index contributed by atoms with van der Waals surface area (Å²) in [5.74, 6) is -0.824. The Balaban J connectivity index is 1.62. The van der Waals surface area contributed by atoms with Gasteiger partial charge in [-0.3, -0.25) is 9.59 Å². The van der Waals surface area contributed by atoms with Crippen LogP contribution in [0.3, 0.4) is 0 Å². The minimum Gasteiger partial charge on any atom is -0.318 e. The zero-order chi connectivity index (χ0) is 25.0. The quantitative estimate of drug-likeness (QED) is 0.0959. The number of rotatable bonds is 11. The van der Waals surface area contributed by atoms with Crippen molar-refractivity contribution in [3.63, 3.8) is 0 Å². The summed E-state index contributed by atoms with van der Waals surface area (Å²) >= 11 is 1.57. The average molecular weight is 486 g/mol. The van der Waals surface area contributed by atoms with E-state index in [-0.39, 0.29) is 17.3 Å². The fraction of sp³-hybridized carbons (Fsp3) is 0.172. The number of carbonyl (C=O) groups excluding carboxylic acids is 3. The predicted octanol–water partition coefficient (Wildman–Crippen LogP) is 7.03. The third-order valence-corrected chi connectivity index (χ3v) is 6.05. The number of nitrogens with zero attached hydrogens (tertiary/aromatic N) is 1. The van der Waals surface area contributed by atoms with Crippen LogP contribution in [0.5, 0.6) is 0 Å². The number of oxime groups is 1. The van der Waals surface area contributed by atoms with Crippen LogP contribution in [-0.2, 0) is 9.63 Å². The zero-order valence-corrected chi connectivity index (χ0v) is 20.6. The summed E-state index contributed by atoms with van der Waals surface area (Å²) in [4.78, 5) is 42.8. The van der Waals surface area contributed by atoms with Crippen molar-refractivity contribution in [2.24, 2.45) is 5.16 Å². The van der Waals surface area contributed by atoms with E-state index in [1.165, 1.54) is 6.92 Å². The fourth-order valence-corrected chi connectivity index (χ4v) is 3.98. The molecule has 0 aliphatic rings. The molecule has 0 spiro atoms. The van der Waals surface area contributed by atoms with Crippen molar-refractivity contribution in [1.82, 2.24) is 0 Å². The highest BCUT2D eigenvalue weighted by atomic mass is 32.2. The summed E-state index contributed by atoms with van der Waals surface area (Å²) in [6.45, 7) is 3.28. The van der Waals surface area contributed by atoms with Gasteiger partial charge in [-0.15, -0.1) is 0 Å². The first kappa shape index (κ1) is 25.8. The third-order valence-electron chi connectivity index (χ3n) is 5.03. The minimum atomic E-state index is -0.553. The first-order valence-corrected chi connectivity index (χ1v) is 12.2. The van der Waals surface area contributed by atoms with Crippen LogP contribution in [0.1, 0.15) is 59.4 Å². The average Bonchev–Trinajstić information content (AvgIpc) is 2.88. The van der Waals surface area contributed by atoms with Crippen LogP contribution in [0, 0.1) is 0 Å². The molecule has 0 N–H and O–H groups in total. The number of hydrogen-bond donors (Lipinski definition) is 0. The molecular formula is C29H27NO4S. The Morgan fingerprint density at radius 2 is 1.49 bits per heavy atom. The summed E-state index contributed by atoms with van der Waals surface area (Å²) in [5, 5.41) is 3.76. The number of allylic oxidation sites excluding steroid dienone is 1. The summed E-state index contributed by atoms with van der Waals surface area (Å²) in [6.07, 6.45) is 5.52. The van der Waals surface area contributed by atoms with E-state index >= 15 is 0 Å². The predicted molar refractivity (Wildman–Crippen MR) is 140 cm³/mol. The Hall–Kier alpha value is -3.77. The Bertz CT molecular complexity index is 1210. The Kier molecular flexibility index (Phi) is 9.75. The lowest BCUT2D eigenvalue weighted by Crippen LogP contribution is -2.15. The summed E-state index contributed by atoms with van der Waals surface area (Å²) in [6, 6.07) is 24.3. The summed E-state index contributed by atoms with van der Waals surface area (Å²) in [7, 11) is 0. The number of ketones is 2. The highest BCUT2D eigenvalue weighted by molar-refractivity contribution is 7.99. The smallest absolute Gasteiger partial charge is 0.318 e. The number of hydrogen-bond acceptors (Lipinski definition) is 6. The van der Waals surface area contributed by atoms with E-state index in [1.807, 2.05) is 61.5 Å². The van der Waals surface area contributed by atoms with Crippen molar-refractivity contribution in [1.29, 1.82) is 0 Å². The van der Waals surface area contributed by atoms with Gasteiger partial charge in [-0.2, -0.15) is 0 Å². The second kappa shape index (κ2) is 13.2. The van der Waals surface area contributed by atoms with Gasteiger partial charge in [-0.05, 0) is 60.9 Å². The van der Waals surface area contributed by atoms with Gasteiger partial charge in [0.25, 0.3) is 0 Å². The largest absolute Gasteiger partial charge is 0.331 e. The number of Topliss-reactive ketones (excluding diaryl/α,β-unsaturated/α-hetero) is 1. The Labute approximate surface area is 209 Å². The molecule has 5 nitrogen and oxygen atoms in total. The molecule has 35 heavy (non-hydrogen) atoms. The van der Waals surface area contributed by atoms with Crippen molar-refractivity contribution < 1.29 is 19.2 Å². The van der Waals surface area contributed by atoms with E-state index in [2.05, 4.69) is 5.16 Å². The van der Waals surface area contributed by atoms with Gasteiger partial charge in [0.1, 0.15) is 5.71 Å². The van der Waals surface area contributed by atoms with Crippen molar-refractivity contribution >= 4 is 41.1 Å². The monoisotopic (exact) mass is 485 g/mol. The van der Waals surface area contributed by atoms with Gasteiger partial charge < -0.3 is 4.84 Å². The molecule has 0 bridgehead atoms. The van der Waals surface area contributed by atoms with E-state index in [4.69, 9.17) is 4.84 Å². The molecular weight excluding hydrogens is 458 g/mol. The van der Waals surface area contributed by atoms with E-state index in [0.29, 0.717) is 17.5 Å². The first-order chi connectivity index (χ1) is 17.0. The first-order valence-electron chi connectivity index (χ1n) is 11.4. The second-order valence-electron chi connectivity index (χ2n) is 7.81. The van der Waals surface area contributed by atoms with Crippen LogP contribution >= 0.6 is 11.8 Å². The van der Waals surface area contributed by atoms with Gasteiger partial charge >= 0.3 is 5.97 Å². The molecule has 3 aromatic rings. The molecule has 0 aromatic heterocycles. The molecule has 0 amide bonds. The molecule has 0 atom stereocenters. The normalized spacial score (nSPS) is 11.4. The van der Waals surface area contributed by atoms with Crippen LogP contribution < -0.4 is 0 Å². The van der Waals surface area contributed by atoms with Crippen molar-refractivity contribution in [3.8, 4) is 0 Å². The van der Waals surface area contributed by atoms with Crippen LogP contribution in [0.2, 0.25) is 0 Å². The third kappa shape index (κ3) is 8.19. The SMILES string of the molecule is CCCCC(=NOC(C)=O)C(=O)c1ccc(Sc2ccc(C=CC(=O)c3ccccc3)cc2)cc1. The lowest BCUT2D eigenvalue weighted by atomic mass is 10.0. The van der Waals surface area contributed by atoms with Crippen molar-refractivity contribution in [3.05, 3.63) is 102 Å². The maximum atomic E-state index is 12.8. The van der Waals surface area contributed by atoms with Gasteiger partial charge in [-0.1, -0.05) is 78.8 Å². The molecule has 0 unspecified atom stereocenters. The maximum absolute atomic E-state index is 12.8. The number of carbonyl (C=O) groups is 3. The zero-order valence-electron chi connectivity index (χ0n) is 19.8. The molecule has 0 aliphatic heterocycles. The van der Waals surface area contributed by atoms with E-state index in [1.54, 1.807) is 48.2 Å². The molecule has 0 aliphatic carbocycles. The van der Waals surface area contributed by atoms with E-state index in [0.717, 1.165) is 28.2 Å². The van der Waals surface area contributed by atoms with Gasteiger partial charge in [0.05, 0.1) is 0 Å². The summed E-state index contributed by atoms with van der Waals surface area (Å²) in [5.41, 5.74) is 2.34. The van der Waals surface area contributed by atoms with E-state index in [9.17, 15) is 14.4 Å². The van der Waals surface area contributed by atoms with Crippen LogP contribution in [0.15, 0.2) is 99.9 Å². The minimum absolute atomic E-state index is 0.0329. The molecule has 0 saturated heterocycles. The number of benzene rings is 3. The lowest BCUT2D eigenvalue weighted by Gasteiger charge is -2.06. The van der Waals surface area contributed by atoms with Crippen LogP contribution in [0.4, 0.5) is 0 Å². The Morgan fingerprint density at radius 1 is 0.857 bits per heavy atom. The molecule has 6 heteroatoms. The Morgan fingerprint density at radius 3 is 2.09 bits per heavy atom. The van der Waals surface area contributed by atoms with Gasteiger partial charge in [0, 0.05) is 27.8 Å². The molecule has 178 valence electrons. The molecule has 3 aromatic carbocycles. The fourth-order valence-electron chi connectivity index (χ4n) is 3.16. The standard InChI is InChI=1S/C29H27NO4S/c1-3-4-10-27(30-34-21(2)31)29(33)24-14-18-26(19-15-24)35-25-16-11-22(12-17-25)13-20-28(32)23-8-6-5-7-9-23/h5-9,11-20H,3-4,10H2,1-2H3. The molecule has 0 saturated carbocycles. The highest BCUT2D eigenvalue weighted by Crippen LogP contribution is 2.28. The van der Waals surface area contributed by atoms with Crippen LogP contribution in [-0.4, -0.2) is 23.2 Å². The molecule has 0 heterocycles.